The van der Waals surface area contributed by atoms with Crippen LogP contribution in [0.4, 0.5) is 5.69 Å². The highest BCUT2D eigenvalue weighted by Gasteiger charge is 2.10. The Labute approximate surface area is 163 Å². The number of aryl methyl sites for hydroxylation is 2. The molecule has 0 aliphatic carbocycles. The van der Waals surface area contributed by atoms with Crippen LogP contribution in [0, 0.1) is 25.2 Å². The van der Waals surface area contributed by atoms with Crippen LogP contribution < -0.4 is 10.1 Å². The van der Waals surface area contributed by atoms with Gasteiger partial charge < -0.3 is 10.1 Å². The van der Waals surface area contributed by atoms with E-state index in [1.54, 1.807) is 6.20 Å². The zero-order valence-corrected chi connectivity index (χ0v) is 16.4. The lowest BCUT2D eigenvalue weighted by Gasteiger charge is -2.09. The zero-order valence-electron chi connectivity index (χ0n) is 15.6. The Morgan fingerprint density at radius 2 is 2.04 bits per heavy atom. The molecule has 27 heavy (non-hydrogen) atoms. The van der Waals surface area contributed by atoms with Gasteiger partial charge in [-0.25, -0.2) is 4.98 Å². The topological polar surface area (TPSA) is 57.9 Å². The van der Waals surface area contributed by atoms with Crippen molar-refractivity contribution >= 4 is 22.6 Å². The van der Waals surface area contributed by atoms with Crippen molar-refractivity contribution in [1.29, 1.82) is 5.26 Å². The Kier molecular flexibility index (Phi) is 5.90. The first-order chi connectivity index (χ1) is 13.1. The van der Waals surface area contributed by atoms with Crippen LogP contribution >= 0.6 is 11.3 Å². The molecule has 0 amide bonds. The first-order valence-electron chi connectivity index (χ1n) is 8.74. The minimum absolute atomic E-state index is 0.487. The minimum Gasteiger partial charge on any atom is -0.492 e. The van der Waals surface area contributed by atoms with Gasteiger partial charge in [0.25, 0.3) is 0 Å². The Morgan fingerprint density at radius 3 is 2.78 bits per heavy atom. The number of ether oxygens (including phenoxy) is 1. The van der Waals surface area contributed by atoms with Gasteiger partial charge in [-0.2, -0.15) is 5.26 Å². The lowest BCUT2D eigenvalue weighted by Crippen LogP contribution is -1.97. The number of para-hydroxylation sites is 2. The van der Waals surface area contributed by atoms with Crippen molar-refractivity contribution in [1.82, 2.24) is 4.98 Å². The first-order valence-corrected chi connectivity index (χ1v) is 9.62. The maximum absolute atomic E-state index is 9.57. The van der Waals surface area contributed by atoms with Gasteiger partial charge in [-0.05, 0) is 50.1 Å². The number of aromatic nitrogens is 1. The second-order valence-corrected chi connectivity index (χ2v) is 6.94. The van der Waals surface area contributed by atoms with E-state index >= 15 is 0 Å². The molecule has 5 heteroatoms. The summed E-state index contributed by atoms with van der Waals surface area (Å²) in [5.74, 6) is 0.753. The quantitative estimate of drug-likeness (QED) is 0.553. The molecule has 0 bridgehead atoms. The maximum atomic E-state index is 9.57. The van der Waals surface area contributed by atoms with E-state index in [0.29, 0.717) is 17.2 Å². The molecular weight excluding hydrogens is 354 g/mol. The largest absolute Gasteiger partial charge is 0.492 e. The fraction of sp³-hybridized carbons (Fsp3) is 0.182. The average Bonchev–Trinajstić information content (AvgIpc) is 3.16. The van der Waals surface area contributed by atoms with Gasteiger partial charge in [0.05, 0.1) is 18.0 Å². The van der Waals surface area contributed by atoms with Crippen LogP contribution in [0.5, 0.6) is 5.75 Å². The minimum atomic E-state index is 0.487. The molecule has 3 aromatic rings. The number of nitrogens with zero attached hydrogens (tertiary/aromatic N) is 2. The van der Waals surface area contributed by atoms with Gasteiger partial charge in [0.2, 0.25) is 0 Å². The number of nitriles is 1. The molecule has 0 atom stereocenters. The summed E-state index contributed by atoms with van der Waals surface area (Å²) in [6.45, 7) is 6.71. The van der Waals surface area contributed by atoms with E-state index in [2.05, 4.69) is 48.4 Å². The number of nitrogens with one attached hydrogen (secondary N) is 1. The van der Waals surface area contributed by atoms with Crippen LogP contribution in [0.15, 0.2) is 54.0 Å². The Morgan fingerprint density at radius 1 is 1.22 bits per heavy atom. The van der Waals surface area contributed by atoms with Crippen molar-refractivity contribution in [2.24, 2.45) is 0 Å². The SMILES string of the molecule is CCOc1ccccc1N/C=C(\C#N)c1nc(-c2ccc(C)c(C)c2)cs1. The third kappa shape index (κ3) is 4.36. The summed E-state index contributed by atoms with van der Waals surface area (Å²) in [7, 11) is 0. The summed E-state index contributed by atoms with van der Waals surface area (Å²) >= 11 is 1.46. The Hall–Kier alpha value is -3.10. The van der Waals surface area contributed by atoms with E-state index in [0.717, 1.165) is 22.7 Å². The summed E-state index contributed by atoms with van der Waals surface area (Å²) < 4.78 is 5.60. The lowest BCUT2D eigenvalue weighted by atomic mass is 10.1. The van der Waals surface area contributed by atoms with Crippen LogP contribution in [0.2, 0.25) is 0 Å². The van der Waals surface area contributed by atoms with Gasteiger partial charge in [0.1, 0.15) is 22.4 Å². The number of thiazole rings is 1. The van der Waals surface area contributed by atoms with Gasteiger partial charge >= 0.3 is 0 Å². The molecule has 3 rings (SSSR count). The summed E-state index contributed by atoms with van der Waals surface area (Å²) in [6.07, 6.45) is 1.68. The van der Waals surface area contributed by atoms with Crippen molar-refractivity contribution in [3.05, 3.63) is 70.2 Å². The highest BCUT2D eigenvalue weighted by molar-refractivity contribution is 7.11. The van der Waals surface area contributed by atoms with Crippen LogP contribution in [0.25, 0.3) is 16.8 Å². The summed E-state index contributed by atoms with van der Waals surface area (Å²) in [4.78, 5) is 4.65. The third-order valence-corrected chi connectivity index (χ3v) is 5.09. The summed E-state index contributed by atoms with van der Waals surface area (Å²) in [5, 5.41) is 15.4. The van der Waals surface area contributed by atoms with Gasteiger partial charge in [-0.15, -0.1) is 11.3 Å². The van der Waals surface area contributed by atoms with Gasteiger partial charge in [0, 0.05) is 17.1 Å². The molecule has 2 aromatic carbocycles. The lowest BCUT2D eigenvalue weighted by molar-refractivity contribution is 0.342. The number of rotatable bonds is 6. The van der Waals surface area contributed by atoms with Crippen molar-refractivity contribution in [2.75, 3.05) is 11.9 Å². The number of allylic oxidation sites excluding steroid dienone is 1. The van der Waals surface area contributed by atoms with E-state index in [1.807, 2.05) is 36.6 Å². The average molecular weight is 375 g/mol. The smallest absolute Gasteiger partial charge is 0.142 e. The molecule has 4 nitrogen and oxygen atoms in total. The molecule has 136 valence electrons. The third-order valence-electron chi connectivity index (χ3n) is 4.22. The zero-order chi connectivity index (χ0) is 19.2. The van der Waals surface area contributed by atoms with Gasteiger partial charge in [-0.1, -0.05) is 24.3 Å². The monoisotopic (exact) mass is 375 g/mol. The van der Waals surface area contributed by atoms with Gasteiger partial charge in [-0.3, -0.25) is 0 Å². The van der Waals surface area contributed by atoms with E-state index in [-0.39, 0.29) is 0 Å². The molecule has 0 saturated carbocycles. The van der Waals surface area contributed by atoms with E-state index in [1.165, 1.54) is 22.5 Å². The predicted molar refractivity (Wildman–Crippen MR) is 112 cm³/mol. The number of hydrogen-bond acceptors (Lipinski definition) is 5. The highest BCUT2D eigenvalue weighted by atomic mass is 32.1. The number of anilines is 1. The first kappa shape index (κ1) is 18.7. The Bertz CT molecular complexity index is 1010. The highest BCUT2D eigenvalue weighted by Crippen LogP contribution is 2.28. The second kappa shape index (κ2) is 8.52. The van der Waals surface area contributed by atoms with Gasteiger partial charge in [0.15, 0.2) is 0 Å². The molecule has 0 spiro atoms. The summed E-state index contributed by atoms with van der Waals surface area (Å²) in [5.41, 5.74) is 5.73. The fourth-order valence-corrected chi connectivity index (χ4v) is 3.38. The van der Waals surface area contributed by atoms with Crippen molar-refractivity contribution < 1.29 is 4.74 Å². The van der Waals surface area contributed by atoms with E-state index in [9.17, 15) is 5.26 Å². The van der Waals surface area contributed by atoms with Crippen molar-refractivity contribution in [2.45, 2.75) is 20.8 Å². The van der Waals surface area contributed by atoms with Crippen LogP contribution in [0.3, 0.4) is 0 Å². The van der Waals surface area contributed by atoms with Crippen LogP contribution in [-0.2, 0) is 0 Å². The predicted octanol–water partition coefficient (Wildman–Crippen LogP) is 5.80. The fourth-order valence-electron chi connectivity index (χ4n) is 2.59. The molecule has 0 radical (unpaired) electrons. The molecule has 0 saturated heterocycles. The Balaban J connectivity index is 1.84. The normalized spacial score (nSPS) is 11.1. The molecule has 0 fully saturated rings. The number of hydrogen-bond donors (Lipinski definition) is 1. The molecule has 1 N–H and O–H groups in total. The van der Waals surface area contributed by atoms with E-state index in [4.69, 9.17) is 4.74 Å². The van der Waals surface area contributed by atoms with Crippen molar-refractivity contribution in [3.8, 4) is 23.1 Å². The van der Waals surface area contributed by atoms with E-state index < -0.39 is 0 Å². The molecule has 1 aromatic heterocycles. The molecule has 1 heterocycles. The molecule has 0 unspecified atom stereocenters. The molecule has 0 aliphatic rings. The standard InChI is InChI=1S/C22H21N3OS/c1-4-26-21-8-6-5-7-19(21)24-13-18(12-23)22-25-20(14-27-22)17-10-9-15(2)16(3)11-17/h5-11,13-14,24H,4H2,1-3H3/b18-13+. The second-order valence-electron chi connectivity index (χ2n) is 6.08. The van der Waals surface area contributed by atoms with Crippen molar-refractivity contribution in [3.63, 3.8) is 0 Å². The maximum Gasteiger partial charge on any atom is 0.142 e. The molecule has 0 aliphatic heterocycles. The molecular formula is C22H21N3OS. The summed E-state index contributed by atoms with van der Waals surface area (Å²) in [6, 6.07) is 16.2. The number of benzene rings is 2. The van der Waals surface area contributed by atoms with Crippen LogP contribution in [-0.4, -0.2) is 11.6 Å². The van der Waals surface area contributed by atoms with Crippen LogP contribution in [0.1, 0.15) is 23.1 Å².